The third kappa shape index (κ3) is 6.62. The van der Waals surface area contributed by atoms with Crippen molar-refractivity contribution in [3.8, 4) is 0 Å². The Morgan fingerprint density at radius 3 is 0.829 bits per heavy atom. The van der Waals surface area contributed by atoms with Gasteiger partial charge in [0, 0.05) is 5.54 Å². The third-order valence-corrected chi connectivity index (χ3v) is 13.1. The predicted molar refractivity (Wildman–Crippen MR) is 159 cm³/mol. The second kappa shape index (κ2) is 12.7. The van der Waals surface area contributed by atoms with Gasteiger partial charge in [0.15, 0.2) is 0 Å². The number of carboxylic acids is 2. The number of nitrogens with two attached hydrogens (primary N) is 1. The van der Waals surface area contributed by atoms with Gasteiger partial charge in [-0.25, -0.2) is 0 Å². The van der Waals surface area contributed by atoms with E-state index in [2.05, 4.69) is 9.42 Å². The van der Waals surface area contributed by atoms with Crippen LogP contribution in [0.3, 0.4) is 0 Å². The molecule has 0 unspecified atom stereocenters. The van der Waals surface area contributed by atoms with Crippen LogP contribution >= 0.6 is 9.42 Å². The van der Waals surface area contributed by atoms with E-state index in [-0.39, 0.29) is 24.4 Å². The van der Waals surface area contributed by atoms with Gasteiger partial charge < -0.3 is 29.5 Å². The van der Waals surface area contributed by atoms with E-state index in [1.54, 1.807) is 18.8 Å². The molecule has 12 aliphatic carbocycles. The van der Waals surface area contributed by atoms with Crippen molar-refractivity contribution in [1.29, 1.82) is 0 Å². The van der Waals surface area contributed by atoms with Gasteiger partial charge in [-0.3, -0.25) is 9.59 Å². The molecule has 12 fully saturated rings. The van der Waals surface area contributed by atoms with Crippen LogP contribution in [0.2, 0.25) is 0 Å². The Bertz CT molecular complexity index is 798. The summed E-state index contributed by atoms with van der Waals surface area (Å²) in [4.78, 5) is 22.5. The molecule has 0 atom stereocenters. The normalized spacial score (nSPS) is 49.6. The number of carboxylic acid groups (broad SMARTS) is 2. The van der Waals surface area contributed by atoms with Gasteiger partial charge in [0.1, 0.15) is 0 Å². The number of aliphatic carboxylic acids is 2. The van der Waals surface area contributed by atoms with Crippen LogP contribution in [-0.2, 0) is 28.4 Å². The van der Waals surface area contributed by atoms with E-state index in [0.717, 1.165) is 91.8 Å². The molecule has 238 valence electrons. The zero-order chi connectivity index (χ0) is 27.6. The van der Waals surface area contributed by atoms with Crippen LogP contribution in [-0.4, -0.2) is 27.7 Å². The summed E-state index contributed by atoms with van der Waals surface area (Å²) in [6, 6.07) is 0. The molecule has 0 radical (unpaired) electrons. The third-order valence-electron chi connectivity index (χ3n) is 13.1. The Morgan fingerprint density at radius 2 is 0.683 bits per heavy atom. The van der Waals surface area contributed by atoms with Gasteiger partial charge in [0.25, 0.3) is 0 Å². The number of halogens is 1. The van der Waals surface area contributed by atoms with E-state index in [4.69, 9.17) is 5.73 Å². The number of carbonyl (C=O) groups is 2. The van der Waals surface area contributed by atoms with Crippen LogP contribution in [0.4, 0.5) is 0 Å². The van der Waals surface area contributed by atoms with Crippen LogP contribution in [0.5, 0.6) is 0 Å². The number of hydrogen-bond acceptors (Lipinski definition) is 4. The van der Waals surface area contributed by atoms with Gasteiger partial charge in [-0.05, 0) is 169 Å². The summed E-state index contributed by atoms with van der Waals surface area (Å²) in [5, 5.41) is 18.6. The molecule has 8 heteroatoms. The van der Waals surface area contributed by atoms with Gasteiger partial charge in [-0.1, -0.05) is 0 Å². The van der Waals surface area contributed by atoms with Gasteiger partial charge >= 0.3 is 40.1 Å². The summed E-state index contributed by atoms with van der Waals surface area (Å²) >= 11 is 1.61. The van der Waals surface area contributed by atoms with E-state index < -0.39 is 11.9 Å². The first-order chi connectivity index (χ1) is 18.6. The minimum atomic E-state index is -0.508. The SMILES string of the molecule is N.NC12CC3CC(CC(C3)C1)C2.O=C(O)C12CC3CC(CC(C3)C1)C2.O=C(O)C12CC3CC(CC(C3)C1)C2.[CH3-].[Cl][Pt+]. The second-order valence-corrected chi connectivity index (χ2v) is 16.3. The number of rotatable bonds is 2. The molecule has 0 amide bonds. The summed E-state index contributed by atoms with van der Waals surface area (Å²) in [5.41, 5.74) is 6.06. The fraction of sp³-hybridized carbons (Fsp3) is 0.909. The zero-order valence-corrected chi connectivity index (χ0v) is 28.1. The van der Waals surface area contributed by atoms with Gasteiger partial charge in [0.05, 0.1) is 10.8 Å². The van der Waals surface area contributed by atoms with Crippen LogP contribution in [0.1, 0.15) is 116 Å². The Balaban J connectivity index is 0.000000135. The molecular weight excluding hydrogens is 719 g/mol. The Labute approximate surface area is 263 Å². The fourth-order valence-electron chi connectivity index (χ4n) is 12.9. The molecule has 12 bridgehead atoms. The molecule has 12 saturated carbocycles. The maximum atomic E-state index is 11.3. The monoisotopic (exact) mass is 773 g/mol. The molecule has 12 rings (SSSR count). The molecular formula is C33H55ClN2O4Pt. The first-order valence-electron chi connectivity index (χ1n) is 16.0. The van der Waals surface area contributed by atoms with Gasteiger partial charge in [0.2, 0.25) is 0 Å². The minimum absolute atomic E-state index is 0. The van der Waals surface area contributed by atoms with Crippen molar-refractivity contribution in [1.82, 2.24) is 6.15 Å². The van der Waals surface area contributed by atoms with Crippen molar-refractivity contribution in [3.63, 3.8) is 0 Å². The molecule has 0 aliphatic heterocycles. The molecule has 0 aromatic carbocycles. The summed E-state index contributed by atoms with van der Waals surface area (Å²) < 4.78 is 0. The summed E-state index contributed by atoms with van der Waals surface area (Å²) in [6.45, 7) is 0. The molecule has 7 N–H and O–H groups in total. The van der Waals surface area contributed by atoms with Crippen LogP contribution in [0, 0.1) is 71.5 Å². The van der Waals surface area contributed by atoms with E-state index in [0.29, 0.717) is 5.54 Å². The van der Waals surface area contributed by atoms with Crippen molar-refractivity contribution in [3.05, 3.63) is 7.43 Å². The molecule has 41 heavy (non-hydrogen) atoms. The first kappa shape index (κ1) is 33.7. The molecule has 0 spiro atoms. The van der Waals surface area contributed by atoms with Crippen LogP contribution in [0.15, 0.2) is 0 Å². The average Bonchev–Trinajstić information content (AvgIpc) is 2.83. The van der Waals surface area contributed by atoms with E-state index in [1.807, 2.05) is 0 Å². The predicted octanol–water partition coefficient (Wildman–Crippen LogP) is 7.79. The second-order valence-electron chi connectivity index (χ2n) is 16.3. The first-order valence-corrected chi connectivity index (χ1v) is 18.8. The Hall–Kier alpha value is -0.162. The zero-order valence-electron chi connectivity index (χ0n) is 25.1. The van der Waals surface area contributed by atoms with Crippen molar-refractivity contribution in [2.75, 3.05) is 0 Å². The van der Waals surface area contributed by atoms with Gasteiger partial charge in [-0.2, -0.15) is 0 Å². The standard InChI is InChI=1S/2C11H16O2.C10H17N.CH3.ClH.H3N.Pt/c2*12-10(13)11-4-7-1-8(5-11)3-9(2-7)6-11;11-10-4-7-1-8(5-10)3-9(2-7)6-10;;;;/h2*7-9H,1-6H2,(H,12,13);7-9H,1-6,11H2;1H3;1H;1H3;/q;;;-1;;;+2/p-1. The maximum absolute atomic E-state index is 11.3. The van der Waals surface area contributed by atoms with E-state index >= 15 is 0 Å². The van der Waals surface area contributed by atoms with E-state index in [9.17, 15) is 19.8 Å². The molecule has 0 aromatic heterocycles. The Kier molecular flexibility index (Phi) is 10.4. The topological polar surface area (TPSA) is 136 Å². The molecule has 0 aromatic rings. The van der Waals surface area contributed by atoms with Gasteiger partial charge in [-0.15, -0.1) is 0 Å². The average molecular weight is 774 g/mol. The quantitative estimate of drug-likeness (QED) is 0.212. The molecule has 12 aliphatic rings. The number of hydrogen-bond donors (Lipinski definition) is 4. The molecule has 0 heterocycles. The summed E-state index contributed by atoms with van der Waals surface area (Å²) in [5.74, 6) is 6.56. The Morgan fingerprint density at radius 1 is 0.512 bits per heavy atom. The van der Waals surface area contributed by atoms with Crippen molar-refractivity contribution >= 4 is 21.4 Å². The van der Waals surface area contributed by atoms with E-state index in [1.165, 1.54) is 77.0 Å². The van der Waals surface area contributed by atoms with Crippen molar-refractivity contribution in [2.45, 2.75) is 121 Å². The van der Waals surface area contributed by atoms with Crippen molar-refractivity contribution in [2.24, 2.45) is 69.8 Å². The molecule has 0 saturated heterocycles. The summed E-state index contributed by atoms with van der Waals surface area (Å²) in [6.07, 6.45) is 22.4. The van der Waals surface area contributed by atoms with Crippen LogP contribution in [0.25, 0.3) is 0 Å². The van der Waals surface area contributed by atoms with Crippen LogP contribution < -0.4 is 11.9 Å². The fourth-order valence-corrected chi connectivity index (χ4v) is 12.9. The molecule has 6 nitrogen and oxygen atoms in total. The van der Waals surface area contributed by atoms with Crippen molar-refractivity contribution < 1.29 is 38.6 Å². The summed E-state index contributed by atoms with van der Waals surface area (Å²) in [7, 11) is 4.61.